The predicted molar refractivity (Wildman–Crippen MR) is 87.1 cm³/mol. The molecule has 0 fully saturated rings. The van der Waals surface area contributed by atoms with E-state index in [1.165, 1.54) is 7.11 Å². The topological polar surface area (TPSA) is 70.0 Å². The Balaban J connectivity index is 2.47. The lowest BCUT2D eigenvalue weighted by molar-refractivity contribution is 0.327. The van der Waals surface area contributed by atoms with Crippen LogP contribution in [-0.4, -0.2) is 38.5 Å². The zero-order valence-corrected chi connectivity index (χ0v) is 13.3. The van der Waals surface area contributed by atoms with Gasteiger partial charge in [0.1, 0.15) is 11.0 Å². The molecule has 0 aliphatic heterocycles. The van der Waals surface area contributed by atoms with Crippen LogP contribution in [0.15, 0.2) is 24.3 Å². The number of methoxy groups -OCH3 is 4. The second-order valence-corrected chi connectivity index (χ2v) is 4.90. The number of rotatable bonds is 4. The SMILES string of the molecule is COc1cc2cc3ccc(O)c(OC)c3nc2c(OC)c1OC. The third kappa shape index (κ3) is 2.23. The molecule has 23 heavy (non-hydrogen) atoms. The van der Waals surface area contributed by atoms with Gasteiger partial charge in [-0.2, -0.15) is 0 Å². The zero-order chi connectivity index (χ0) is 16.6. The molecule has 1 aromatic heterocycles. The molecule has 3 aromatic rings. The summed E-state index contributed by atoms with van der Waals surface area (Å²) in [6, 6.07) is 7.13. The van der Waals surface area contributed by atoms with Gasteiger partial charge in [0, 0.05) is 10.8 Å². The minimum Gasteiger partial charge on any atom is -0.504 e. The van der Waals surface area contributed by atoms with Crippen molar-refractivity contribution in [1.29, 1.82) is 0 Å². The Labute approximate surface area is 133 Å². The first kappa shape index (κ1) is 15.0. The quantitative estimate of drug-likeness (QED) is 0.746. The Morgan fingerprint density at radius 2 is 1.39 bits per heavy atom. The van der Waals surface area contributed by atoms with E-state index in [0.29, 0.717) is 34.0 Å². The fraction of sp³-hybridized carbons (Fsp3) is 0.235. The molecule has 120 valence electrons. The van der Waals surface area contributed by atoms with E-state index >= 15 is 0 Å². The maximum Gasteiger partial charge on any atom is 0.205 e. The van der Waals surface area contributed by atoms with Crippen LogP contribution in [0.25, 0.3) is 21.8 Å². The summed E-state index contributed by atoms with van der Waals surface area (Å²) < 4.78 is 21.5. The number of aromatic hydroxyl groups is 1. The molecule has 0 saturated carbocycles. The molecule has 0 atom stereocenters. The predicted octanol–water partition coefficient (Wildman–Crippen LogP) is 3.13. The Kier molecular flexibility index (Phi) is 3.73. The van der Waals surface area contributed by atoms with Crippen LogP contribution in [0.2, 0.25) is 0 Å². The number of nitrogens with zero attached hydrogens (tertiary/aromatic N) is 1. The molecule has 0 bridgehead atoms. The second kappa shape index (κ2) is 5.72. The smallest absolute Gasteiger partial charge is 0.205 e. The zero-order valence-electron chi connectivity index (χ0n) is 13.3. The van der Waals surface area contributed by atoms with Gasteiger partial charge >= 0.3 is 0 Å². The van der Waals surface area contributed by atoms with E-state index in [1.54, 1.807) is 33.5 Å². The minimum absolute atomic E-state index is 0.0336. The van der Waals surface area contributed by atoms with Crippen molar-refractivity contribution in [2.24, 2.45) is 0 Å². The summed E-state index contributed by atoms with van der Waals surface area (Å²) in [5.74, 6) is 1.85. The van der Waals surface area contributed by atoms with Crippen LogP contribution in [0.3, 0.4) is 0 Å². The number of hydrogen-bond acceptors (Lipinski definition) is 6. The summed E-state index contributed by atoms with van der Waals surface area (Å²) in [6.07, 6.45) is 0. The van der Waals surface area contributed by atoms with E-state index in [9.17, 15) is 5.11 Å². The second-order valence-electron chi connectivity index (χ2n) is 4.90. The van der Waals surface area contributed by atoms with Crippen LogP contribution < -0.4 is 18.9 Å². The minimum atomic E-state index is 0.0336. The van der Waals surface area contributed by atoms with Gasteiger partial charge in [0.05, 0.1) is 28.4 Å². The van der Waals surface area contributed by atoms with E-state index in [4.69, 9.17) is 18.9 Å². The van der Waals surface area contributed by atoms with Crippen molar-refractivity contribution in [3.63, 3.8) is 0 Å². The number of hydrogen-bond donors (Lipinski definition) is 1. The molecule has 0 saturated heterocycles. The van der Waals surface area contributed by atoms with Gasteiger partial charge in [0.2, 0.25) is 5.75 Å². The summed E-state index contributed by atoms with van der Waals surface area (Å²) in [5.41, 5.74) is 1.15. The highest BCUT2D eigenvalue weighted by Gasteiger charge is 2.19. The summed E-state index contributed by atoms with van der Waals surface area (Å²) in [5, 5.41) is 11.6. The number of phenols is 1. The summed E-state index contributed by atoms with van der Waals surface area (Å²) in [7, 11) is 6.15. The molecule has 6 nitrogen and oxygen atoms in total. The molecule has 0 spiro atoms. The molecule has 0 amide bonds. The van der Waals surface area contributed by atoms with E-state index in [-0.39, 0.29) is 5.75 Å². The highest BCUT2D eigenvalue weighted by Crippen LogP contribution is 2.44. The molecule has 0 unspecified atom stereocenters. The van der Waals surface area contributed by atoms with Crippen LogP contribution >= 0.6 is 0 Å². The Morgan fingerprint density at radius 3 is 2.00 bits per heavy atom. The summed E-state index contributed by atoms with van der Waals surface area (Å²) in [4.78, 5) is 4.62. The van der Waals surface area contributed by atoms with Crippen molar-refractivity contribution in [3.8, 4) is 28.7 Å². The lowest BCUT2D eigenvalue weighted by atomic mass is 10.1. The largest absolute Gasteiger partial charge is 0.504 e. The Morgan fingerprint density at radius 1 is 0.739 bits per heavy atom. The van der Waals surface area contributed by atoms with Crippen molar-refractivity contribution < 1.29 is 24.1 Å². The van der Waals surface area contributed by atoms with Gasteiger partial charge < -0.3 is 24.1 Å². The third-order valence-corrected chi connectivity index (χ3v) is 3.71. The van der Waals surface area contributed by atoms with Crippen molar-refractivity contribution in [2.45, 2.75) is 0 Å². The number of benzene rings is 2. The van der Waals surface area contributed by atoms with E-state index < -0.39 is 0 Å². The van der Waals surface area contributed by atoms with Crippen LogP contribution in [0, 0.1) is 0 Å². The normalized spacial score (nSPS) is 10.8. The molecule has 0 aliphatic carbocycles. The van der Waals surface area contributed by atoms with Gasteiger partial charge in [-0.25, -0.2) is 4.98 Å². The molecule has 0 radical (unpaired) electrons. The number of fused-ring (bicyclic) bond motifs is 2. The molecule has 6 heteroatoms. The van der Waals surface area contributed by atoms with E-state index in [1.807, 2.05) is 12.1 Å². The highest BCUT2D eigenvalue weighted by molar-refractivity contribution is 6.00. The van der Waals surface area contributed by atoms with E-state index in [0.717, 1.165) is 10.8 Å². The average molecular weight is 315 g/mol. The van der Waals surface area contributed by atoms with Crippen molar-refractivity contribution in [1.82, 2.24) is 4.98 Å². The van der Waals surface area contributed by atoms with Gasteiger partial charge in [0.25, 0.3) is 0 Å². The Hall–Kier alpha value is -2.89. The van der Waals surface area contributed by atoms with Crippen LogP contribution in [0.5, 0.6) is 28.7 Å². The van der Waals surface area contributed by atoms with Gasteiger partial charge in [-0.05, 0) is 24.3 Å². The fourth-order valence-electron chi connectivity index (χ4n) is 2.67. The maximum absolute atomic E-state index is 9.95. The average Bonchev–Trinajstić information content (AvgIpc) is 2.58. The van der Waals surface area contributed by atoms with Crippen LogP contribution in [0.4, 0.5) is 0 Å². The number of pyridine rings is 1. The Bertz CT molecular complexity index is 891. The monoisotopic (exact) mass is 315 g/mol. The summed E-state index contributed by atoms with van der Waals surface area (Å²) in [6.45, 7) is 0. The van der Waals surface area contributed by atoms with Crippen LogP contribution in [-0.2, 0) is 0 Å². The highest BCUT2D eigenvalue weighted by atomic mass is 16.5. The molecular formula is C17H17NO5. The standard InChI is InChI=1S/C17H17NO5/c1-20-12-8-10-7-9-5-6-11(19)15(21-2)13(9)18-14(10)17(23-4)16(12)22-3/h5-8,19H,1-4H3. The van der Waals surface area contributed by atoms with Crippen molar-refractivity contribution >= 4 is 21.8 Å². The lowest BCUT2D eigenvalue weighted by Crippen LogP contribution is -1.98. The number of aromatic nitrogens is 1. The molecule has 2 aromatic carbocycles. The van der Waals surface area contributed by atoms with Gasteiger partial charge in [-0.1, -0.05) is 0 Å². The fourth-order valence-corrected chi connectivity index (χ4v) is 2.67. The van der Waals surface area contributed by atoms with Gasteiger partial charge in [-0.15, -0.1) is 0 Å². The lowest BCUT2D eigenvalue weighted by Gasteiger charge is -2.15. The van der Waals surface area contributed by atoms with Crippen molar-refractivity contribution in [3.05, 3.63) is 24.3 Å². The van der Waals surface area contributed by atoms with Crippen LogP contribution in [0.1, 0.15) is 0 Å². The maximum atomic E-state index is 9.95. The first-order valence-corrected chi connectivity index (χ1v) is 6.94. The van der Waals surface area contributed by atoms with Crippen molar-refractivity contribution in [2.75, 3.05) is 28.4 Å². The third-order valence-electron chi connectivity index (χ3n) is 3.71. The molecular weight excluding hydrogens is 298 g/mol. The first-order chi connectivity index (χ1) is 11.1. The summed E-state index contributed by atoms with van der Waals surface area (Å²) >= 11 is 0. The first-order valence-electron chi connectivity index (χ1n) is 6.94. The van der Waals surface area contributed by atoms with E-state index in [2.05, 4.69) is 4.98 Å². The number of ether oxygens (including phenoxy) is 4. The molecule has 0 aliphatic rings. The molecule has 1 heterocycles. The molecule has 1 N–H and O–H groups in total. The number of phenolic OH excluding ortho intramolecular Hbond substituents is 1. The van der Waals surface area contributed by atoms with Gasteiger partial charge in [-0.3, -0.25) is 0 Å². The molecule has 3 rings (SSSR count). The van der Waals surface area contributed by atoms with Gasteiger partial charge in [0.15, 0.2) is 23.0 Å².